The number of halogens is 2. The van der Waals surface area contributed by atoms with Gasteiger partial charge in [0.15, 0.2) is 5.78 Å². The number of Topliss-reactive ketones (excluding diaryl/α,β-unsaturated/α-hetero) is 1. The highest BCUT2D eigenvalue weighted by atomic mass is 79.9. The lowest BCUT2D eigenvalue weighted by Crippen LogP contribution is -2.27. The van der Waals surface area contributed by atoms with E-state index < -0.39 is 0 Å². The minimum absolute atomic E-state index is 0.120. The van der Waals surface area contributed by atoms with Crippen LogP contribution in [0.3, 0.4) is 0 Å². The van der Waals surface area contributed by atoms with Gasteiger partial charge in [0.05, 0.1) is 11.9 Å². The molecular weight excluding hydrogens is 456 g/mol. The molecule has 0 heterocycles. The number of ketones is 1. The summed E-state index contributed by atoms with van der Waals surface area (Å²) >= 11 is 6.90. The number of carbonyl (C=O) groups is 1. The maximum Gasteiger partial charge on any atom is 0.186 e. The molecule has 138 valence electrons. The van der Waals surface area contributed by atoms with Gasteiger partial charge in [-0.2, -0.15) is 5.11 Å². The largest absolute Gasteiger partial charge is 0.289 e. The van der Waals surface area contributed by atoms with Crippen molar-refractivity contribution in [2.45, 2.75) is 41.5 Å². The smallest absolute Gasteiger partial charge is 0.186 e. The molecule has 0 aliphatic heterocycles. The Morgan fingerprint density at radius 1 is 0.923 bits per heavy atom. The van der Waals surface area contributed by atoms with Gasteiger partial charge in [-0.3, -0.25) is 4.79 Å². The Hall–Kier alpha value is -1.33. The van der Waals surface area contributed by atoms with Gasteiger partial charge in [0.25, 0.3) is 0 Å². The molecule has 0 unspecified atom stereocenters. The second kappa shape index (κ2) is 7.73. The quantitative estimate of drug-likeness (QED) is 0.400. The maximum absolute atomic E-state index is 12.9. The predicted molar refractivity (Wildman–Crippen MR) is 115 cm³/mol. The van der Waals surface area contributed by atoms with Crippen LogP contribution in [0.5, 0.6) is 0 Å². The summed E-state index contributed by atoms with van der Waals surface area (Å²) in [5.41, 5.74) is 2.78. The summed E-state index contributed by atoms with van der Waals surface area (Å²) in [6.07, 6.45) is 5.55. The van der Waals surface area contributed by atoms with Crippen LogP contribution in [0.25, 0.3) is 0 Å². The lowest BCUT2D eigenvalue weighted by Gasteiger charge is -2.31. The molecule has 1 aromatic rings. The van der Waals surface area contributed by atoms with Crippen LogP contribution in [0.4, 0.5) is 5.69 Å². The molecule has 0 radical (unpaired) electrons. The third-order valence-electron chi connectivity index (χ3n) is 4.01. The van der Waals surface area contributed by atoms with Crippen LogP contribution in [-0.2, 0) is 4.79 Å². The van der Waals surface area contributed by atoms with Gasteiger partial charge in [-0.1, -0.05) is 57.5 Å². The lowest BCUT2D eigenvalue weighted by atomic mass is 9.72. The average molecular weight is 480 g/mol. The standard InChI is InChI=1S/C21H24Br2N2O/c1-20(2,3)15-9-13(10-16(19(15)26)21(4,5)6)12-24-25-18-8-7-14(22)11-17(18)23/h7-12H,1-6H3. The normalized spacial score (nSPS) is 16.0. The molecule has 0 N–H and O–H groups in total. The summed E-state index contributed by atoms with van der Waals surface area (Å²) in [6, 6.07) is 5.73. The summed E-state index contributed by atoms with van der Waals surface area (Å²) in [6.45, 7) is 12.3. The van der Waals surface area contributed by atoms with E-state index in [1.807, 2.05) is 30.4 Å². The minimum Gasteiger partial charge on any atom is -0.289 e. The zero-order valence-electron chi connectivity index (χ0n) is 16.0. The van der Waals surface area contributed by atoms with E-state index in [0.717, 1.165) is 31.4 Å². The van der Waals surface area contributed by atoms with Crippen molar-refractivity contribution in [3.63, 3.8) is 0 Å². The van der Waals surface area contributed by atoms with E-state index in [9.17, 15) is 4.79 Å². The van der Waals surface area contributed by atoms with E-state index in [4.69, 9.17) is 0 Å². The highest BCUT2D eigenvalue weighted by molar-refractivity contribution is 9.11. The van der Waals surface area contributed by atoms with Crippen molar-refractivity contribution >= 4 is 43.3 Å². The Bertz CT molecular complexity index is 812. The molecule has 0 atom stereocenters. The van der Waals surface area contributed by atoms with Crippen molar-refractivity contribution in [1.82, 2.24) is 0 Å². The van der Waals surface area contributed by atoms with E-state index in [1.54, 1.807) is 6.20 Å². The average Bonchev–Trinajstić information content (AvgIpc) is 2.48. The van der Waals surface area contributed by atoms with Crippen LogP contribution >= 0.6 is 31.9 Å². The molecule has 1 aliphatic rings. The van der Waals surface area contributed by atoms with Crippen LogP contribution < -0.4 is 0 Å². The second-order valence-electron chi connectivity index (χ2n) is 8.39. The molecule has 3 nitrogen and oxygen atoms in total. The summed E-state index contributed by atoms with van der Waals surface area (Å²) in [7, 11) is 0. The molecular formula is C21H24Br2N2O. The number of rotatable bonds is 2. The number of carbonyl (C=O) groups excluding carboxylic acids is 1. The number of azo groups is 1. The van der Waals surface area contributed by atoms with E-state index in [-0.39, 0.29) is 16.6 Å². The molecule has 0 fully saturated rings. The van der Waals surface area contributed by atoms with Crippen LogP contribution in [0.2, 0.25) is 0 Å². The Labute approximate surface area is 172 Å². The third-order valence-corrected chi connectivity index (χ3v) is 5.14. The van der Waals surface area contributed by atoms with Crippen LogP contribution in [0.1, 0.15) is 41.5 Å². The summed E-state index contributed by atoms with van der Waals surface area (Å²) in [5, 5.41) is 8.50. The van der Waals surface area contributed by atoms with E-state index in [1.165, 1.54) is 0 Å². The molecule has 1 aliphatic carbocycles. The zero-order chi connectivity index (χ0) is 19.7. The Balaban J connectivity index is 2.43. The number of benzene rings is 1. The molecule has 0 aromatic heterocycles. The van der Waals surface area contributed by atoms with Gasteiger partial charge in [0.1, 0.15) is 0 Å². The highest BCUT2D eigenvalue weighted by Gasteiger charge is 2.33. The summed E-state index contributed by atoms with van der Waals surface area (Å²) in [4.78, 5) is 12.9. The van der Waals surface area contributed by atoms with Crippen molar-refractivity contribution in [3.05, 3.63) is 62.2 Å². The molecule has 0 spiro atoms. The molecule has 0 bridgehead atoms. The van der Waals surface area contributed by atoms with Crippen LogP contribution in [-0.4, -0.2) is 5.78 Å². The van der Waals surface area contributed by atoms with Gasteiger partial charge in [-0.25, -0.2) is 0 Å². The second-order valence-corrected chi connectivity index (χ2v) is 10.2. The summed E-state index contributed by atoms with van der Waals surface area (Å²) < 4.78 is 1.84. The van der Waals surface area contributed by atoms with E-state index >= 15 is 0 Å². The molecule has 2 rings (SSSR count). The first-order chi connectivity index (χ1) is 11.9. The molecule has 5 heteroatoms. The van der Waals surface area contributed by atoms with Gasteiger partial charge >= 0.3 is 0 Å². The minimum atomic E-state index is -0.229. The van der Waals surface area contributed by atoms with Crippen LogP contribution in [0, 0.1) is 10.8 Å². The SMILES string of the molecule is CC(C)(C)C1=CC(=CN=Nc2ccc(Br)cc2Br)C=C(C(C)(C)C)C1=O. The van der Waals surface area contributed by atoms with Gasteiger partial charge in [0, 0.05) is 20.1 Å². The Morgan fingerprint density at radius 2 is 1.46 bits per heavy atom. The van der Waals surface area contributed by atoms with Gasteiger partial charge in [-0.05, 0) is 62.7 Å². The molecule has 26 heavy (non-hydrogen) atoms. The molecule has 0 saturated heterocycles. The lowest BCUT2D eigenvalue weighted by molar-refractivity contribution is -0.114. The fraction of sp³-hybridized carbons (Fsp3) is 0.381. The van der Waals surface area contributed by atoms with Gasteiger partial charge in [-0.15, -0.1) is 5.11 Å². The fourth-order valence-corrected chi connectivity index (χ4v) is 3.69. The van der Waals surface area contributed by atoms with E-state index in [0.29, 0.717) is 0 Å². The number of hydrogen-bond donors (Lipinski definition) is 0. The molecule has 1 aromatic carbocycles. The number of allylic oxidation sites excluding steroid dienone is 5. The van der Waals surface area contributed by atoms with E-state index in [2.05, 4.69) is 83.6 Å². The molecule has 0 amide bonds. The van der Waals surface area contributed by atoms with Crippen molar-refractivity contribution in [1.29, 1.82) is 0 Å². The van der Waals surface area contributed by atoms with Crippen molar-refractivity contribution < 1.29 is 4.79 Å². The predicted octanol–water partition coefficient (Wildman–Crippen LogP) is 7.71. The molecule has 0 saturated carbocycles. The third kappa shape index (κ3) is 5.10. The first kappa shape index (κ1) is 21.0. The monoisotopic (exact) mass is 478 g/mol. The van der Waals surface area contributed by atoms with Crippen molar-refractivity contribution in [3.8, 4) is 0 Å². The highest BCUT2D eigenvalue weighted by Crippen LogP contribution is 2.39. The van der Waals surface area contributed by atoms with Crippen LogP contribution in [0.15, 0.2) is 72.4 Å². The fourth-order valence-electron chi connectivity index (χ4n) is 2.56. The Morgan fingerprint density at radius 3 is 1.92 bits per heavy atom. The Kier molecular flexibility index (Phi) is 6.24. The van der Waals surface area contributed by atoms with Crippen molar-refractivity contribution in [2.24, 2.45) is 21.1 Å². The zero-order valence-corrected chi connectivity index (χ0v) is 19.2. The number of hydrogen-bond acceptors (Lipinski definition) is 3. The van der Waals surface area contributed by atoms with Gasteiger partial charge in [0.2, 0.25) is 0 Å². The summed E-state index contributed by atoms with van der Waals surface area (Å²) in [5.74, 6) is 0.120. The number of nitrogens with zero attached hydrogens (tertiary/aromatic N) is 2. The maximum atomic E-state index is 12.9. The first-order valence-corrected chi connectivity index (χ1v) is 10.0. The topological polar surface area (TPSA) is 41.8 Å². The first-order valence-electron chi connectivity index (χ1n) is 8.45. The van der Waals surface area contributed by atoms with Crippen molar-refractivity contribution in [2.75, 3.05) is 0 Å². The van der Waals surface area contributed by atoms with Gasteiger partial charge < -0.3 is 0 Å².